The number of nitrogens with zero attached hydrogens (tertiary/aromatic N) is 1. The molecule has 0 radical (unpaired) electrons. The third kappa shape index (κ3) is 3.25. The molecule has 5 heteroatoms. The fourth-order valence-electron chi connectivity index (χ4n) is 0.874. The van der Waals surface area contributed by atoms with Crippen molar-refractivity contribution in [1.29, 1.82) is 0 Å². The first-order valence-electron chi connectivity index (χ1n) is 4.09. The zero-order valence-corrected chi connectivity index (χ0v) is 7.49. The molecule has 1 heterocycles. The van der Waals surface area contributed by atoms with Gasteiger partial charge in [0.1, 0.15) is 6.26 Å². The van der Waals surface area contributed by atoms with E-state index in [9.17, 15) is 4.79 Å². The van der Waals surface area contributed by atoms with Gasteiger partial charge in [-0.1, -0.05) is 0 Å². The van der Waals surface area contributed by atoms with Crippen LogP contribution >= 0.6 is 0 Å². The standard InChI is InChI=1S/C8H13N3O2/c1-6(3-9)11-8(12)2-7-4-13-5-10-7/h4-6H,2-3,9H2,1H3,(H,11,12). The number of hydrogen-bond donors (Lipinski definition) is 2. The molecule has 0 fully saturated rings. The Balaban J connectivity index is 2.34. The Morgan fingerprint density at radius 1 is 1.85 bits per heavy atom. The van der Waals surface area contributed by atoms with Crippen molar-refractivity contribution in [3.05, 3.63) is 18.4 Å². The Bertz CT molecular complexity index is 258. The highest BCUT2D eigenvalue weighted by Crippen LogP contribution is 1.95. The molecule has 1 aromatic rings. The van der Waals surface area contributed by atoms with E-state index in [-0.39, 0.29) is 18.4 Å². The molecule has 0 aliphatic rings. The molecule has 13 heavy (non-hydrogen) atoms. The number of hydrogen-bond acceptors (Lipinski definition) is 4. The lowest BCUT2D eigenvalue weighted by Gasteiger charge is -2.09. The lowest BCUT2D eigenvalue weighted by atomic mass is 10.3. The molecule has 0 bridgehead atoms. The number of rotatable bonds is 4. The van der Waals surface area contributed by atoms with Gasteiger partial charge in [0.15, 0.2) is 6.39 Å². The summed E-state index contributed by atoms with van der Waals surface area (Å²) in [4.78, 5) is 15.1. The molecule has 0 spiro atoms. The van der Waals surface area contributed by atoms with E-state index in [4.69, 9.17) is 10.2 Å². The molecule has 0 aliphatic carbocycles. The van der Waals surface area contributed by atoms with Crippen LogP contribution in [0.3, 0.4) is 0 Å². The predicted octanol–water partition coefficient (Wildman–Crippen LogP) is -0.319. The second-order valence-corrected chi connectivity index (χ2v) is 2.86. The average molecular weight is 183 g/mol. The van der Waals surface area contributed by atoms with E-state index < -0.39 is 0 Å². The van der Waals surface area contributed by atoms with Crippen molar-refractivity contribution < 1.29 is 9.21 Å². The summed E-state index contributed by atoms with van der Waals surface area (Å²) in [5, 5.41) is 2.72. The van der Waals surface area contributed by atoms with E-state index in [1.807, 2.05) is 6.92 Å². The van der Waals surface area contributed by atoms with Gasteiger partial charge < -0.3 is 15.5 Å². The fourth-order valence-corrected chi connectivity index (χ4v) is 0.874. The molecule has 1 aromatic heterocycles. The van der Waals surface area contributed by atoms with Crippen LogP contribution in [0.5, 0.6) is 0 Å². The number of nitrogens with one attached hydrogen (secondary N) is 1. The van der Waals surface area contributed by atoms with Crippen LogP contribution in [0.15, 0.2) is 17.1 Å². The highest BCUT2D eigenvalue weighted by atomic mass is 16.3. The first-order chi connectivity index (χ1) is 6.22. The molecule has 0 saturated carbocycles. The number of oxazole rings is 1. The van der Waals surface area contributed by atoms with Crippen LogP contribution in [0.25, 0.3) is 0 Å². The quantitative estimate of drug-likeness (QED) is 0.670. The molecule has 0 aromatic carbocycles. The lowest BCUT2D eigenvalue weighted by Crippen LogP contribution is -2.38. The van der Waals surface area contributed by atoms with Crippen LogP contribution in [0, 0.1) is 0 Å². The molecule has 3 N–H and O–H groups in total. The third-order valence-corrected chi connectivity index (χ3v) is 1.59. The van der Waals surface area contributed by atoms with Gasteiger partial charge in [0, 0.05) is 12.6 Å². The summed E-state index contributed by atoms with van der Waals surface area (Å²) in [6.07, 6.45) is 2.99. The van der Waals surface area contributed by atoms with Crippen LogP contribution in [0.4, 0.5) is 0 Å². The zero-order chi connectivity index (χ0) is 9.68. The number of carbonyl (C=O) groups is 1. The van der Waals surface area contributed by atoms with Gasteiger partial charge in [0.25, 0.3) is 0 Å². The maximum absolute atomic E-state index is 11.2. The van der Waals surface area contributed by atoms with E-state index in [1.165, 1.54) is 12.7 Å². The molecule has 0 aliphatic heterocycles. The van der Waals surface area contributed by atoms with Gasteiger partial charge in [-0.05, 0) is 6.92 Å². The summed E-state index contributed by atoms with van der Waals surface area (Å²) < 4.78 is 4.73. The smallest absolute Gasteiger partial charge is 0.226 e. The highest BCUT2D eigenvalue weighted by molar-refractivity contribution is 5.78. The lowest BCUT2D eigenvalue weighted by molar-refractivity contribution is -0.121. The maximum Gasteiger partial charge on any atom is 0.226 e. The molecule has 1 unspecified atom stereocenters. The third-order valence-electron chi connectivity index (χ3n) is 1.59. The first kappa shape index (κ1) is 9.73. The molecule has 72 valence electrons. The van der Waals surface area contributed by atoms with Crippen molar-refractivity contribution in [3.63, 3.8) is 0 Å². The van der Waals surface area contributed by atoms with Crippen LogP contribution in [0.2, 0.25) is 0 Å². The van der Waals surface area contributed by atoms with Gasteiger partial charge in [0.05, 0.1) is 12.1 Å². The van der Waals surface area contributed by atoms with Crippen molar-refractivity contribution in [3.8, 4) is 0 Å². The van der Waals surface area contributed by atoms with Crippen LogP contribution in [-0.4, -0.2) is 23.5 Å². The van der Waals surface area contributed by atoms with Crippen LogP contribution in [-0.2, 0) is 11.2 Å². The number of carbonyl (C=O) groups excluding carboxylic acids is 1. The predicted molar refractivity (Wildman–Crippen MR) is 46.9 cm³/mol. The minimum Gasteiger partial charge on any atom is -0.451 e. The number of aromatic nitrogens is 1. The van der Waals surface area contributed by atoms with Gasteiger partial charge in [0.2, 0.25) is 5.91 Å². The summed E-state index contributed by atoms with van der Waals surface area (Å²) in [5.41, 5.74) is 5.97. The first-order valence-corrected chi connectivity index (χ1v) is 4.09. The monoisotopic (exact) mass is 183 g/mol. The molecule has 1 rings (SSSR count). The normalized spacial score (nSPS) is 12.5. The Labute approximate surface area is 76.3 Å². The molecule has 5 nitrogen and oxygen atoms in total. The Morgan fingerprint density at radius 2 is 2.62 bits per heavy atom. The maximum atomic E-state index is 11.2. The topological polar surface area (TPSA) is 81.1 Å². The summed E-state index contributed by atoms with van der Waals surface area (Å²) >= 11 is 0. The van der Waals surface area contributed by atoms with Crippen molar-refractivity contribution in [1.82, 2.24) is 10.3 Å². The van der Waals surface area contributed by atoms with Gasteiger partial charge in [-0.15, -0.1) is 0 Å². The number of amides is 1. The minimum absolute atomic E-state index is 0.000555. The Morgan fingerprint density at radius 3 is 3.15 bits per heavy atom. The zero-order valence-electron chi connectivity index (χ0n) is 7.49. The summed E-state index contributed by atoms with van der Waals surface area (Å²) in [6.45, 7) is 2.28. The van der Waals surface area contributed by atoms with Crippen molar-refractivity contribution in [2.24, 2.45) is 5.73 Å². The summed E-state index contributed by atoms with van der Waals surface area (Å²) in [6, 6.07) is -0.000555. The molecule has 0 saturated heterocycles. The second kappa shape index (κ2) is 4.61. The molecule has 1 amide bonds. The van der Waals surface area contributed by atoms with E-state index in [0.717, 1.165) is 0 Å². The average Bonchev–Trinajstić information content (AvgIpc) is 2.56. The number of nitrogens with two attached hydrogens (primary N) is 1. The van der Waals surface area contributed by atoms with Crippen molar-refractivity contribution in [2.45, 2.75) is 19.4 Å². The summed E-state index contributed by atoms with van der Waals surface area (Å²) in [5.74, 6) is -0.0909. The second-order valence-electron chi connectivity index (χ2n) is 2.86. The highest BCUT2D eigenvalue weighted by Gasteiger charge is 2.07. The SMILES string of the molecule is CC(CN)NC(=O)Cc1cocn1. The molecule has 1 atom stereocenters. The van der Waals surface area contributed by atoms with E-state index in [2.05, 4.69) is 10.3 Å². The largest absolute Gasteiger partial charge is 0.451 e. The van der Waals surface area contributed by atoms with Gasteiger partial charge >= 0.3 is 0 Å². The Kier molecular flexibility index (Phi) is 3.45. The van der Waals surface area contributed by atoms with Crippen LogP contribution < -0.4 is 11.1 Å². The van der Waals surface area contributed by atoms with Crippen molar-refractivity contribution in [2.75, 3.05) is 6.54 Å². The fraction of sp³-hybridized carbons (Fsp3) is 0.500. The molecular weight excluding hydrogens is 170 g/mol. The minimum atomic E-state index is -0.0909. The molecular formula is C8H13N3O2. The van der Waals surface area contributed by atoms with Gasteiger partial charge in [-0.3, -0.25) is 4.79 Å². The van der Waals surface area contributed by atoms with E-state index in [0.29, 0.717) is 12.2 Å². The van der Waals surface area contributed by atoms with Crippen LogP contribution in [0.1, 0.15) is 12.6 Å². The van der Waals surface area contributed by atoms with Gasteiger partial charge in [-0.25, -0.2) is 4.98 Å². The van der Waals surface area contributed by atoms with Crippen molar-refractivity contribution >= 4 is 5.91 Å². The van der Waals surface area contributed by atoms with E-state index in [1.54, 1.807) is 0 Å². The Hall–Kier alpha value is -1.36. The van der Waals surface area contributed by atoms with E-state index >= 15 is 0 Å². The summed E-state index contributed by atoms with van der Waals surface area (Å²) in [7, 11) is 0. The van der Waals surface area contributed by atoms with Gasteiger partial charge in [-0.2, -0.15) is 0 Å².